The summed E-state index contributed by atoms with van der Waals surface area (Å²) < 4.78 is 5.58. The van der Waals surface area contributed by atoms with E-state index >= 15 is 0 Å². The van der Waals surface area contributed by atoms with Crippen molar-refractivity contribution in [3.05, 3.63) is 70.3 Å². The number of non-ortho nitro benzene ring substituents is 1. The third kappa shape index (κ3) is 6.10. The van der Waals surface area contributed by atoms with Crippen molar-refractivity contribution >= 4 is 23.4 Å². The largest absolute Gasteiger partial charge is 0.494 e. The Morgan fingerprint density at radius 2 is 2.00 bits per heavy atom. The van der Waals surface area contributed by atoms with Gasteiger partial charge in [-0.2, -0.15) is 0 Å². The highest BCUT2D eigenvalue weighted by molar-refractivity contribution is 6.02. The molecule has 130 valence electrons. The maximum atomic E-state index is 11.9. The van der Waals surface area contributed by atoms with Crippen LogP contribution in [0.2, 0.25) is 0 Å². The number of carbonyl (C=O) groups excluding carboxylic acids is 1. The zero-order chi connectivity index (χ0) is 18.1. The third-order valence-electron chi connectivity index (χ3n) is 3.40. The number of nitro groups is 1. The molecular formula is C19H20N2O4. The minimum atomic E-state index is -0.504. The molecule has 2 rings (SSSR count). The van der Waals surface area contributed by atoms with Gasteiger partial charge in [-0.15, -0.1) is 0 Å². The highest BCUT2D eigenvalue weighted by Gasteiger charge is 2.06. The summed E-state index contributed by atoms with van der Waals surface area (Å²) in [6.07, 6.45) is 5.15. The standard InChI is InChI=1S/C19H20N2O4/c1-2-3-13-25-18-10-7-15(8-11-18)9-12-19(22)20-16-5-4-6-17(14-16)21(23)24/h4-12,14H,2-3,13H2,1H3,(H,20,22). The van der Waals surface area contributed by atoms with Crippen molar-refractivity contribution in [3.63, 3.8) is 0 Å². The second-order valence-corrected chi connectivity index (χ2v) is 5.40. The molecule has 0 saturated carbocycles. The van der Waals surface area contributed by atoms with Crippen molar-refractivity contribution in [2.45, 2.75) is 19.8 Å². The first-order valence-electron chi connectivity index (χ1n) is 8.05. The first-order chi connectivity index (χ1) is 12.1. The van der Waals surface area contributed by atoms with Crippen molar-refractivity contribution in [2.75, 3.05) is 11.9 Å². The van der Waals surface area contributed by atoms with Crippen LogP contribution in [0.1, 0.15) is 25.3 Å². The number of nitrogens with one attached hydrogen (secondary N) is 1. The topological polar surface area (TPSA) is 81.5 Å². The Balaban J connectivity index is 1.91. The fraction of sp³-hybridized carbons (Fsp3) is 0.211. The predicted octanol–water partition coefficient (Wildman–Crippen LogP) is 4.43. The molecule has 0 atom stereocenters. The number of nitrogens with zero attached hydrogens (tertiary/aromatic N) is 1. The van der Waals surface area contributed by atoms with Crippen LogP contribution in [0.25, 0.3) is 6.08 Å². The van der Waals surface area contributed by atoms with Gasteiger partial charge in [-0.05, 0) is 36.3 Å². The third-order valence-corrected chi connectivity index (χ3v) is 3.40. The van der Waals surface area contributed by atoms with Crippen LogP contribution >= 0.6 is 0 Å². The van der Waals surface area contributed by atoms with E-state index in [0.717, 1.165) is 24.2 Å². The molecule has 0 unspecified atom stereocenters. The molecule has 25 heavy (non-hydrogen) atoms. The van der Waals surface area contributed by atoms with Gasteiger partial charge in [0.05, 0.1) is 11.5 Å². The van der Waals surface area contributed by atoms with E-state index in [0.29, 0.717) is 12.3 Å². The zero-order valence-electron chi connectivity index (χ0n) is 14.0. The molecule has 1 amide bonds. The van der Waals surface area contributed by atoms with E-state index in [2.05, 4.69) is 12.2 Å². The highest BCUT2D eigenvalue weighted by Crippen LogP contribution is 2.17. The van der Waals surface area contributed by atoms with Crippen molar-refractivity contribution in [2.24, 2.45) is 0 Å². The van der Waals surface area contributed by atoms with Gasteiger partial charge in [0.2, 0.25) is 5.91 Å². The average molecular weight is 340 g/mol. The second kappa shape index (κ2) is 9.22. The molecular weight excluding hydrogens is 320 g/mol. The van der Waals surface area contributed by atoms with Gasteiger partial charge in [0.15, 0.2) is 0 Å². The molecule has 0 radical (unpaired) electrons. The number of carbonyl (C=O) groups is 1. The molecule has 6 heteroatoms. The number of anilines is 1. The molecule has 0 aliphatic heterocycles. The second-order valence-electron chi connectivity index (χ2n) is 5.40. The molecule has 0 fully saturated rings. The van der Waals surface area contributed by atoms with Gasteiger partial charge in [-0.1, -0.05) is 31.5 Å². The molecule has 0 aliphatic rings. The first kappa shape index (κ1) is 18.2. The Labute approximate surface area is 146 Å². The number of nitro benzene ring substituents is 1. The zero-order valence-corrected chi connectivity index (χ0v) is 14.0. The fourth-order valence-electron chi connectivity index (χ4n) is 2.06. The first-order valence-corrected chi connectivity index (χ1v) is 8.05. The van der Waals surface area contributed by atoms with Crippen LogP contribution < -0.4 is 10.1 Å². The highest BCUT2D eigenvalue weighted by atomic mass is 16.6. The van der Waals surface area contributed by atoms with E-state index in [1.807, 2.05) is 24.3 Å². The van der Waals surface area contributed by atoms with Crippen molar-refractivity contribution < 1.29 is 14.5 Å². The monoisotopic (exact) mass is 340 g/mol. The van der Waals surface area contributed by atoms with Crippen LogP contribution in [0.4, 0.5) is 11.4 Å². The van der Waals surface area contributed by atoms with Crippen molar-refractivity contribution in [3.8, 4) is 5.75 Å². The summed E-state index contributed by atoms with van der Waals surface area (Å²) in [5.41, 5.74) is 1.17. The summed E-state index contributed by atoms with van der Waals surface area (Å²) in [4.78, 5) is 22.1. The molecule has 0 aromatic heterocycles. The number of rotatable bonds is 8. The Morgan fingerprint density at radius 3 is 2.68 bits per heavy atom. The van der Waals surface area contributed by atoms with Gasteiger partial charge >= 0.3 is 0 Å². The summed E-state index contributed by atoms with van der Waals surface area (Å²) in [7, 11) is 0. The Morgan fingerprint density at radius 1 is 1.24 bits per heavy atom. The van der Waals surface area contributed by atoms with Crippen LogP contribution in [0.15, 0.2) is 54.6 Å². The summed E-state index contributed by atoms with van der Waals surface area (Å²) in [5.74, 6) is 0.440. The fourth-order valence-corrected chi connectivity index (χ4v) is 2.06. The summed E-state index contributed by atoms with van der Waals surface area (Å²) >= 11 is 0. The minimum Gasteiger partial charge on any atom is -0.494 e. The van der Waals surface area contributed by atoms with Crippen LogP contribution in [-0.4, -0.2) is 17.4 Å². The predicted molar refractivity (Wildman–Crippen MR) is 97.6 cm³/mol. The Bertz CT molecular complexity index is 754. The number of hydrogen-bond donors (Lipinski definition) is 1. The molecule has 0 aliphatic carbocycles. The lowest BCUT2D eigenvalue weighted by atomic mass is 10.2. The smallest absolute Gasteiger partial charge is 0.271 e. The van der Waals surface area contributed by atoms with Gasteiger partial charge in [0.25, 0.3) is 5.69 Å². The van der Waals surface area contributed by atoms with Crippen LogP contribution in [0.3, 0.4) is 0 Å². The van der Waals surface area contributed by atoms with E-state index in [9.17, 15) is 14.9 Å². The SMILES string of the molecule is CCCCOc1ccc(C=CC(=O)Nc2cccc([N+](=O)[O-])c2)cc1. The summed E-state index contributed by atoms with van der Waals surface area (Å²) in [6.45, 7) is 2.80. The summed E-state index contributed by atoms with van der Waals surface area (Å²) in [5, 5.41) is 13.3. The molecule has 6 nitrogen and oxygen atoms in total. The summed E-state index contributed by atoms with van der Waals surface area (Å²) in [6, 6.07) is 13.2. The molecule has 0 heterocycles. The normalized spacial score (nSPS) is 10.6. The minimum absolute atomic E-state index is 0.0690. The van der Waals surface area contributed by atoms with Crippen LogP contribution in [0.5, 0.6) is 5.75 Å². The van der Waals surface area contributed by atoms with Gasteiger partial charge < -0.3 is 10.1 Å². The van der Waals surface area contributed by atoms with Gasteiger partial charge in [-0.25, -0.2) is 0 Å². The average Bonchev–Trinajstić information content (AvgIpc) is 2.61. The lowest BCUT2D eigenvalue weighted by molar-refractivity contribution is -0.384. The van der Waals surface area contributed by atoms with Crippen LogP contribution in [-0.2, 0) is 4.79 Å². The van der Waals surface area contributed by atoms with E-state index in [1.54, 1.807) is 12.1 Å². The Kier molecular flexibility index (Phi) is 6.71. The van der Waals surface area contributed by atoms with Crippen LogP contribution in [0, 0.1) is 10.1 Å². The molecule has 0 saturated heterocycles. The van der Waals surface area contributed by atoms with Gasteiger partial charge in [-0.3, -0.25) is 14.9 Å². The number of benzene rings is 2. The van der Waals surface area contributed by atoms with Gasteiger partial charge in [0.1, 0.15) is 5.75 Å². The Hall–Kier alpha value is -3.15. The number of unbranched alkanes of at least 4 members (excludes halogenated alkanes) is 1. The maximum absolute atomic E-state index is 11.9. The van der Waals surface area contributed by atoms with E-state index in [4.69, 9.17) is 4.74 Å². The lowest BCUT2D eigenvalue weighted by Gasteiger charge is -2.05. The molecule has 1 N–H and O–H groups in total. The van der Waals surface area contributed by atoms with Gasteiger partial charge in [0, 0.05) is 23.9 Å². The molecule has 0 bridgehead atoms. The number of ether oxygens (including phenoxy) is 1. The number of amides is 1. The quantitative estimate of drug-likeness (QED) is 0.334. The van der Waals surface area contributed by atoms with E-state index in [-0.39, 0.29) is 11.6 Å². The van der Waals surface area contributed by atoms with E-state index < -0.39 is 4.92 Å². The molecule has 0 spiro atoms. The number of hydrogen-bond acceptors (Lipinski definition) is 4. The maximum Gasteiger partial charge on any atom is 0.271 e. The van der Waals surface area contributed by atoms with E-state index in [1.165, 1.54) is 24.3 Å². The van der Waals surface area contributed by atoms with Crippen molar-refractivity contribution in [1.29, 1.82) is 0 Å². The molecule has 2 aromatic carbocycles. The lowest BCUT2D eigenvalue weighted by Crippen LogP contribution is -2.07. The van der Waals surface area contributed by atoms with Crippen molar-refractivity contribution in [1.82, 2.24) is 0 Å². The molecule has 2 aromatic rings.